The lowest BCUT2D eigenvalue weighted by Gasteiger charge is -2.35. The van der Waals surface area contributed by atoms with Gasteiger partial charge >= 0.3 is 0 Å². The molecule has 0 bridgehead atoms. The second-order valence-corrected chi connectivity index (χ2v) is 9.88. The van der Waals surface area contributed by atoms with Crippen molar-refractivity contribution in [1.82, 2.24) is 19.8 Å². The summed E-state index contributed by atoms with van der Waals surface area (Å²) < 4.78 is 0. The van der Waals surface area contributed by atoms with Crippen molar-refractivity contribution >= 4 is 33.3 Å². The number of amides is 1. The summed E-state index contributed by atoms with van der Waals surface area (Å²) in [7, 11) is 0. The van der Waals surface area contributed by atoms with Crippen LogP contribution in [0.4, 0.5) is 5.82 Å². The number of fused-ring (bicyclic) bond motifs is 1. The highest BCUT2D eigenvalue weighted by Gasteiger charge is 2.28. The summed E-state index contributed by atoms with van der Waals surface area (Å²) in [5.74, 6) is 1.85. The van der Waals surface area contributed by atoms with Crippen LogP contribution in [0.15, 0.2) is 0 Å². The number of thiophene rings is 1. The lowest BCUT2D eigenvalue weighted by molar-refractivity contribution is -0.134. The first-order chi connectivity index (χ1) is 13.9. The minimum absolute atomic E-state index is 0.176. The maximum atomic E-state index is 13.1. The largest absolute Gasteiger partial charge is 0.358 e. The molecule has 7 heteroatoms. The predicted molar refractivity (Wildman–Crippen MR) is 120 cm³/mol. The molecule has 0 aliphatic carbocycles. The zero-order valence-electron chi connectivity index (χ0n) is 18.1. The van der Waals surface area contributed by atoms with Crippen molar-refractivity contribution in [3.8, 4) is 0 Å². The van der Waals surface area contributed by atoms with Gasteiger partial charge in [0.25, 0.3) is 0 Å². The molecule has 158 valence electrons. The summed E-state index contributed by atoms with van der Waals surface area (Å²) in [4.78, 5) is 29.6. The Balaban J connectivity index is 1.61. The zero-order chi connectivity index (χ0) is 20.5. The number of hydrogen-bond acceptors (Lipinski definition) is 6. The highest BCUT2D eigenvalue weighted by Crippen LogP contribution is 2.34. The standard InChI is InChI=1S/C22H33N5OS/c1-14-9-5-6-12-27(14)22(28)16(3)23-20-19-15(2)17(4)29-21(19)25-18(24-20)13-26-10-7-8-11-26/h14,16H,5-13H2,1-4H3,(H,23,24,25). The van der Waals surface area contributed by atoms with E-state index in [2.05, 4.69) is 31.0 Å². The fraction of sp³-hybridized carbons (Fsp3) is 0.682. The Hall–Kier alpha value is -1.73. The first-order valence-corrected chi connectivity index (χ1v) is 11.8. The molecule has 0 saturated carbocycles. The molecule has 4 heterocycles. The van der Waals surface area contributed by atoms with Crippen LogP contribution in [0.5, 0.6) is 0 Å². The molecule has 1 N–H and O–H groups in total. The summed E-state index contributed by atoms with van der Waals surface area (Å²) >= 11 is 1.72. The molecular weight excluding hydrogens is 382 g/mol. The molecule has 0 spiro atoms. The third-order valence-electron chi connectivity index (χ3n) is 6.45. The second kappa shape index (κ2) is 8.56. The van der Waals surface area contributed by atoms with Crippen molar-refractivity contribution in [2.24, 2.45) is 0 Å². The van der Waals surface area contributed by atoms with Crippen molar-refractivity contribution in [1.29, 1.82) is 0 Å². The van der Waals surface area contributed by atoms with Gasteiger partial charge in [0.15, 0.2) is 0 Å². The van der Waals surface area contributed by atoms with Gasteiger partial charge in [-0.05, 0) is 78.5 Å². The molecule has 2 aliphatic rings. The third kappa shape index (κ3) is 4.26. The van der Waals surface area contributed by atoms with E-state index in [0.717, 1.165) is 60.9 Å². The lowest BCUT2D eigenvalue weighted by atomic mass is 10.0. The van der Waals surface area contributed by atoms with E-state index in [1.807, 2.05) is 11.8 Å². The van der Waals surface area contributed by atoms with Gasteiger partial charge in [0.2, 0.25) is 5.91 Å². The zero-order valence-corrected chi connectivity index (χ0v) is 18.9. The number of rotatable bonds is 5. The van der Waals surface area contributed by atoms with Gasteiger partial charge in [-0.1, -0.05) is 0 Å². The highest BCUT2D eigenvalue weighted by atomic mass is 32.1. The molecule has 2 saturated heterocycles. The van der Waals surface area contributed by atoms with E-state index in [1.165, 1.54) is 29.7 Å². The van der Waals surface area contributed by atoms with E-state index in [4.69, 9.17) is 9.97 Å². The smallest absolute Gasteiger partial charge is 0.245 e. The SMILES string of the molecule is Cc1sc2nc(CN3CCCC3)nc(NC(C)C(=O)N3CCCCC3C)c2c1C. The number of carbonyl (C=O) groups is 1. The normalized spacial score (nSPS) is 21.7. The van der Waals surface area contributed by atoms with Gasteiger partial charge in [-0.2, -0.15) is 0 Å². The minimum atomic E-state index is -0.298. The van der Waals surface area contributed by atoms with E-state index in [1.54, 1.807) is 11.3 Å². The van der Waals surface area contributed by atoms with E-state index in [9.17, 15) is 4.79 Å². The summed E-state index contributed by atoms with van der Waals surface area (Å²) in [6.45, 7) is 12.3. The average Bonchev–Trinajstić information content (AvgIpc) is 3.29. The fourth-order valence-corrected chi connectivity index (χ4v) is 5.60. The van der Waals surface area contributed by atoms with Crippen LogP contribution in [0.2, 0.25) is 0 Å². The van der Waals surface area contributed by atoms with Crippen molar-refractivity contribution in [2.45, 2.75) is 78.4 Å². The number of carbonyl (C=O) groups excluding carboxylic acids is 1. The summed E-state index contributed by atoms with van der Waals surface area (Å²) in [5, 5.41) is 4.54. The van der Waals surface area contributed by atoms with Crippen molar-refractivity contribution in [3.63, 3.8) is 0 Å². The van der Waals surface area contributed by atoms with Gasteiger partial charge in [-0.25, -0.2) is 9.97 Å². The van der Waals surface area contributed by atoms with Gasteiger partial charge in [-0.15, -0.1) is 11.3 Å². The number of piperidine rings is 1. The molecule has 0 aromatic carbocycles. The van der Waals surface area contributed by atoms with Crippen molar-refractivity contribution in [3.05, 3.63) is 16.3 Å². The summed E-state index contributed by atoms with van der Waals surface area (Å²) in [6, 6.07) is 0.0228. The summed E-state index contributed by atoms with van der Waals surface area (Å²) in [6.07, 6.45) is 5.92. The molecule has 6 nitrogen and oxygen atoms in total. The molecule has 2 atom stereocenters. The monoisotopic (exact) mass is 415 g/mol. The predicted octanol–water partition coefficient (Wildman–Crippen LogP) is 4.11. The van der Waals surface area contributed by atoms with Gasteiger partial charge < -0.3 is 10.2 Å². The van der Waals surface area contributed by atoms with E-state index < -0.39 is 0 Å². The number of aryl methyl sites for hydroxylation is 2. The minimum Gasteiger partial charge on any atom is -0.358 e. The fourth-order valence-electron chi connectivity index (χ4n) is 4.55. The highest BCUT2D eigenvalue weighted by molar-refractivity contribution is 7.18. The lowest BCUT2D eigenvalue weighted by Crippen LogP contribution is -2.48. The molecule has 29 heavy (non-hydrogen) atoms. The molecule has 2 aromatic heterocycles. The number of aromatic nitrogens is 2. The first kappa shape index (κ1) is 20.5. The van der Waals surface area contributed by atoms with Gasteiger partial charge in [0.05, 0.1) is 11.9 Å². The van der Waals surface area contributed by atoms with Gasteiger partial charge in [-0.3, -0.25) is 9.69 Å². The molecule has 1 amide bonds. The van der Waals surface area contributed by atoms with Gasteiger partial charge in [0.1, 0.15) is 22.5 Å². The average molecular weight is 416 g/mol. The van der Waals surface area contributed by atoms with Crippen molar-refractivity contribution in [2.75, 3.05) is 25.0 Å². The van der Waals surface area contributed by atoms with E-state index >= 15 is 0 Å². The number of nitrogens with zero attached hydrogens (tertiary/aromatic N) is 4. The number of nitrogens with one attached hydrogen (secondary N) is 1. The Morgan fingerprint density at radius 1 is 1.17 bits per heavy atom. The van der Waals surface area contributed by atoms with E-state index in [-0.39, 0.29) is 11.9 Å². The van der Waals surface area contributed by atoms with Crippen LogP contribution >= 0.6 is 11.3 Å². The van der Waals surface area contributed by atoms with Crippen molar-refractivity contribution < 1.29 is 4.79 Å². The van der Waals surface area contributed by atoms with Crippen LogP contribution in [-0.2, 0) is 11.3 Å². The molecular formula is C22H33N5OS. The molecule has 4 rings (SSSR count). The van der Waals surface area contributed by atoms with Crippen LogP contribution in [0.25, 0.3) is 10.2 Å². The third-order valence-corrected chi connectivity index (χ3v) is 7.55. The first-order valence-electron chi connectivity index (χ1n) is 11.0. The van der Waals surface area contributed by atoms with Crippen LogP contribution in [0.3, 0.4) is 0 Å². The Morgan fingerprint density at radius 2 is 1.90 bits per heavy atom. The Bertz CT molecular complexity index is 889. The number of hydrogen-bond donors (Lipinski definition) is 1. The number of likely N-dealkylation sites (tertiary alicyclic amines) is 2. The van der Waals surface area contributed by atoms with Crippen LogP contribution in [-0.4, -0.2) is 57.4 Å². The van der Waals surface area contributed by atoms with Gasteiger partial charge in [0, 0.05) is 17.5 Å². The maximum Gasteiger partial charge on any atom is 0.245 e. The Morgan fingerprint density at radius 3 is 2.62 bits per heavy atom. The quantitative estimate of drug-likeness (QED) is 0.796. The van der Waals surface area contributed by atoms with Crippen LogP contribution < -0.4 is 5.32 Å². The van der Waals surface area contributed by atoms with Crippen LogP contribution in [0.1, 0.15) is 62.2 Å². The second-order valence-electron chi connectivity index (χ2n) is 8.68. The molecule has 2 aliphatic heterocycles. The van der Waals surface area contributed by atoms with E-state index in [0.29, 0.717) is 6.04 Å². The molecule has 2 aromatic rings. The number of anilines is 1. The molecule has 2 unspecified atom stereocenters. The summed E-state index contributed by atoms with van der Waals surface area (Å²) in [5.41, 5.74) is 1.21. The maximum absolute atomic E-state index is 13.1. The topological polar surface area (TPSA) is 61.4 Å². The molecule has 2 fully saturated rings. The molecule has 0 radical (unpaired) electrons. The van der Waals surface area contributed by atoms with Crippen LogP contribution in [0, 0.1) is 13.8 Å². The Kier molecular flexibility index (Phi) is 6.06. The Labute approximate surface area is 177 Å².